The Morgan fingerprint density at radius 1 is 1.33 bits per heavy atom. The van der Waals surface area contributed by atoms with Gasteiger partial charge in [0, 0.05) is 25.8 Å². The number of nitrogens with zero attached hydrogens (tertiary/aromatic N) is 2. The molecular weight excluding hydrogens is 222 g/mol. The Labute approximate surface area is 110 Å². The second-order valence-electron chi connectivity index (χ2n) is 5.30. The molecule has 0 spiro atoms. The maximum absolute atomic E-state index is 5.60. The van der Waals surface area contributed by atoms with Crippen molar-refractivity contribution in [3.05, 3.63) is 23.9 Å². The molecule has 2 heterocycles. The topological polar surface area (TPSA) is 42.1 Å². The van der Waals surface area contributed by atoms with Gasteiger partial charge in [-0.2, -0.15) is 0 Å². The van der Waals surface area contributed by atoms with E-state index in [2.05, 4.69) is 28.9 Å². The Morgan fingerprint density at radius 3 is 2.89 bits per heavy atom. The third-order valence-corrected chi connectivity index (χ3v) is 3.91. The molecule has 1 fully saturated rings. The van der Waals surface area contributed by atoms with Gasteiger partial charge in [0.25, 0.3) is 0 Å². The van der Waals surface area contributed by atoms with Crippen LogP contribution in [0.4, 0.5) is 5.82 Å². The molecule has 18 heavy (non-hydrogen) atoms. The molecule has 1 aliphatic rings. The highest BCUT2D eigenvalue weighted by Crippen LogP contribution is 2.24. The van der Waals surface area contributed by atoms with E-state index in [4.69, 9.17) is 5.73 Å². The van der Waals surface area contributed by atoms with Crippen LogP contribution in [-0.4, -0.2) is 18.1 Å². The van der Waals surface area contributed by atoms with Gasteiger partial charge in [-0.1, -0.05) is 25.8 Å². The van der Waals surface area contributed by atoms with Gasteiger partial charge in [0.15, 0.2) is 0 Å². The molecular formula is C15H25N3. The van der Waals surface area contributed by atoms with E-state index < -0.39 is 0 Å². The van der Waals surface area contributed by atoms with E-state index in [1.165, 1.54) is 32.1 Å². The van der Waals surface area contributed by atoms with Crippen molar-refractivity contribution in [1.82, 2.24) is 4.98 Å². The summed E-state index contributed by atoms with van der Waals surface area (Å²) in [5.41, 5.74) is 6.71. The molecule has 3 nitrogen and oxygen atoms in total. The van der Waals surface area contributed by atoms with Gasteiger partial charge in [-0.25, -0.2) is 4.98 Å². The number of hydrogen-bond acceptors (Lipinski definition) is 3. The molecule has 100 valence electrons. The molecule has 2 N–H and O–H groups in total. The molecule has 2 rings (SSSR count). The van der Waals surface area contributed by atoms with E-state index in [1.807, 2.05) is 6.20 Å². The summed E-state index contributed by atoms with van der Waals surface area (Å²) in [5.74, 6) is 2.03. The maximum atomic E-state index is 5.60. The molecule has 0 aliphatic carbocycles. The van der Waals surface area contributed by atoms with Gasteiger partial charge in [0.2, 0.25) is 0 Å². The second-order valence-corrected chi connectivity index (χ2v) is 5.30. The lowest BCUT2D eigenvalue weighted by molar-refractivity contribution is 0.435. The lowest BCUT2D eigenvalue weighted by atomic mass is 9.96. The third-order valence-electron chi connectivity index (χ3n) is 3.91. The lowest BCUT2D eigenvalue weighted by Crippen LogP contribution is -2.25. The summed E-state index contributed by atoms with van der Waals surface area (Å²) in [6.07, 6.45) is 8.59. The zero-order chi connectivity index (χ0) is 12.8. The summed E-state index contributed by atoms with van der Waals surface area (Å²) in [6.45, 7) is 5.16. The zero-order valence-corrected chi connectivity index (χ0v) is 11.4. The van der Waals surface area contributed by atoms with Crippen LogP contribution in [0.5, 0.6) is 0 Å². The minimum Gasteiger partial charge on any atom is -0.357 e. The van der Waals surface area contributed by atoms with Crippen LogP contribution in [0.1, 0.15) is 44.6 Å². The van der Waals surface area contributed by atoms with Crippen LogP contribution >= 0.6 is 0 Å². The van der Waals surface area contributed by atoms with Crippen LogP contribution in [0.15, 0.2) is 18.3 Å². The average Bonchev–Trinajstić information content (AvgIpc) is 2.65. The Morgan fingerprint density at radius 2 is 2.22 bits per heavy atom. The molecule has 0 aromatic carbocycles. The smallest absolute Gasteiger partial charge is 0.128 e. The van der Waals surface area contributed by atoms with Crippen molar-refractivity contribution < 1.29 is 0 Å². The Balaban J connectivity index is 1.96. The molecule has 0 saturated carbocycles. The van der Waals surface area contributed by atoms with Crippen LogP contribution in [0.2, 0.25) is 0 Å². The number of pyridine rings is 1. The maximum Gasteiger partial charge on any atom is 0.128 e. The largest absolute Gasteiger partial charge is 0.357 e. The summed E-state index contributed by atoms with van der Waals surface area (Å²) in [7, 11) is 0. The fourth-order valence-corrected chi connectivity index (χ4v) is 2.82. The van der Waals surface area contributed by atoms with E-state index in [0.717, 1.165) is 30.4 Å². The van der Waals surface area contributed by atoms with Crippen molar-refractivity contribution in [1.29, 1.82) is 0 Å². The van der Waals surface area contributed by atoms with Gasteiger partial charge < -0.3 is 10.6 Å². The normalized spacial score (nSPS) is 20.8. The van der Waals surface area contributed by atoms with Gasteiger partial charge in [0.1, 0.15) is 5.82 Å². The van der Waals surface area contributed by atoms with Crippen molar-refractivity contribution >= 4 is 5.82 Å². The first kappa shape index (κ1) is 13.3. The van der Waals surface area contributed by atoms with Gasteiger partial charge >= 0.3 is 0 Å². The molecule has 0 bridgehead atoms. The van der Waals surface area contributed by atoms with Crippen LogP contribution in [0.3, 0.4) is 0 Å². The summed E-state index contributed by atoms with van der Waals surface area (Å²) < 4.78 is 0. The predicted octanol–water partition coefficient (Wildman–Crippen LogP) is 2.95. The van der Waals surface area contributed by atoms with Crippen molar-refractivity contribution in [2.75, 3.05) is 18.0 Å². The van der Waals surface area contributed by atoms with E-state index >= 15 is 0 Å². The highest BCUT2D eigenvalue weighted by Gasteiger charge is 2.17. The Hall–Kier alpha value is -1.09. The van der Waals surface area contributed by atoms with E-state index in [9.17, 15) is 0 Å². The van der Waals surface area contributed by atoms with E-state index in [-0.39, 0.29) is 0 Å². The average molecular weight is 247 g/mol. The van der Waals surface area contributed by atoms with Crippen LogP contribution < -0.4 is 10.6 Å². The highest BCUT2D eigenvalue weighted by atomic mass is 15.2. The van der Waals surface area contributed by atoms with Gasteiger partial charge in [-0.3, -0.25) is 0 Å². The molecule has 0 radical (unpaired) electrons. The van der Waals surface area contributed by atoms with Crippen LogP contribution in [0, 0.1) is 5.92 Å². The summed E-state index contributed by atoms with van der Waals surface area (Å²) in [5, 5.41) is 0. The van der Waals surface area contributed by atoms with Crippen LogP contribution in [-0.2, 0) is 6.54 Å². The zero-order valence-electron chi connectivity index (χ0n) is 11.4. The van der Waals surface area contributed by atoms with Crippen molar-refractivity contribution in [3.63, 3.8) is 0 Å². The Bertz CT molecular complexity index is 347. The third kappa shape index (κ3) is 3.45. The predicted molar refractivity (Wildman–Crippen MR) is 76.6 cm³/mol. The van der Waals surface area contributed by atoms with Crippen LogP contribution in [0.25, 0.3) is 0 Å². The minimum atomic E-state index is 0.575. The fourth-order valence-electron chi connectivity index (χ4n) is 2.82. The molecule has 1 aliphatic heterocycles. The number of hydrogen-bond donors (Lipinski definition) is 1. The number of aromatic nitrogens is 1. The summed E-state index contributed by atoms with van der Waals surface area (Å²) >= 11 is 0. The molecule has 1 atom stereocenters. The summed E-state index contributed by atoms with van der Waals surface area (Å²) in [4.78, 5) is 6.96. The first-order valence-corrected chi connectivity index (χ1v) is 7.23. The molecule has 1 aromatic rings. The molecule has 0 amide bonds. The second kappa shape index (κ2) is 6.74. The molecule has 1 saturated heterocycles. The summed E-state index contributed by atoms with van der Waals surface area (Å²) in [6, 6.07) is 4.21. The molecule has 1 unspecified atom stereocenters. The fraction of sp³-hybridized carbons (Fsp3) is 0.667. The first-order valence-electron chi connectivity index (χ1n) is 7.23. The lowest BCUT2D eigenvalue weighted by Gasteiger charge is -2.21. The SMILES string of the molecule is CCCC1CCCN(c2ccc(CN)cn2)CC1. The monoisotopic (exact) mass is 247 g/mol. The standard InChI is InChI=1S/C15H25N3/c1-2-4-13-5-3-9-18(10-8-13)15-7-6-14(11-16)12-17-15/h6-7,12-13H,2-5,8-11,16H2,1H3. The van der Waals surface area contributed by atoms with Crippen molar-refractivity contribution in [3.8, 4) is 0 Å². The minimum absolute atomic E-state index is 0.575. The van der Waals surface area contributed by atoms with Gasteiger partial charge in [-0.15, -0.1) is 0 Å². The van der Waals surface area contributed by atoms with E-state index in [1.54, 1.807) is 0 Å². The van der Waals surface area contributed by atoms with Crippen molar-refractivity contribution in [2.24, 2.45) is 11.7 Å². The highest BCUT2D eigenvalue weighted by molar-refractivity contribution is 5.39. The van der Waals surface area contributed by atoms with Crippen molar-refractivity contribution in [2.45, 2.75) is 45.6 Å². The number of rotatable bonds is 4. The number of anilines is 1. The first-order chi connectivity index (χ1) is 8.83. The Kier molecular flexibility index (Phi) is 5.00. The molecule has 3 heteroatoms. The number of nitrogens with two attached hydrogens (primary N) is 1. The van der Waals surface area contributed by atoms with Gasteiger partial charge in [-0.05, 0) is 36.8 Å². The quantitative estimate of drug-likeness (QED) is 0.889. The van der Waals surface area contributed by atoms with E-state index in [0.29, 0.717) is 6.54 Å². The molecule has 1 aromatic heterocycles. The van der Waals surface area contributed by atoms with Gasteiger partial charge in [0.05, 0.1) is 0 Å².